The lowest BCUT2D eigenvalue weighted by Crippen LogP contribution is -2.26. The number of pyridine rings is 1. The fraction of sp³-hybridized carbons (Fsp3) is 0.208. The highest BCUT2D eigenvalue weighted by Crippen LogP contribution is 2.21. The van der Waals surface area contributed by atoms with E-state index in [2.05, 4.69) is 25.7 Å². The van der Waals surface area contributed by atoms with Gasteiger partial charge >= 0.3 is 0 Å². The van der Waals surface area contributed by atoms with Gasteiger partial charge in [0.05, 0.1) is 29.3 Å². The van der Waals surface area contributed by atoms with Crippen molar-refractivity contribution in [2.75, 3.05) is 11.9 Å². The molecule has 0 saturated carbocycles. The summed E-state index contributed by atoms with van der Waals surface area (Å²) in [5.74, 6) is -0.102. The number of aliphatic hydroxyl groups excluding tert-OH is 1. The van der Waals surface area contributed by atoms with Crippen molar-refractivity contribution in [1.82, 2.24) is 24.9 Å². The molecule has 0 saturated heterocycles. The molecule has 4 aromatic rings. The number of carbonyl (C=O) groups is 2. The molecule has 10 heteroatoms. The molecule has 3 N–H and O–H groups in total. The molecule has 9 nitrogen and oxygen atoms in total. The molecule has 0 bridgehead atoms. The van der Waals surface area contributed by atoms with Crippen LogP contribution in [-0.2, 0) is 4.79 Å². The van der Waals surface area contributed by atoms with Crippen LogP contribution in [0.2, 0.25) is 5.02 Å². The minimum absolute atomic E-state index is 0.220. The van der Waals surface area contributed by atoms with Gasteiger partial charge in [0.25, 0.3) is 5.91 Å². The quantitative estimate of drug-likeness (QED) is 0.373. The lowest BCUT2D eigenvalue weighted by Gasteiger charge is -2.13. The molecule has 0 unspecified atom stereocenters. The number of aliphatic hydroxyl groups is 1. The summed E-state index contributed by atoms with van der Waals surface area (Å²) in [5, 5.41) is 20.9. The van der Waals surface area contributed by atoms with Gasteiger partial charge in [-0.3, -0.25) is 14.6 Å². The second-order valence-electron chi connectivity index (χ2n) is 7.80. The number of carbonyl (C=O) groups excluding carboxylic acids is 2. The highest BCUT2D eigenvalue weighted by molar-refractivity contribution is 6.30. The van der Waals surface area contributed by atoms with Crippen LogP contribution < -0.4 is 10.6 Å². The Labute approximate surface area is 200 Å². The Hall–Kier alpha value is -3.82. The van der Waals surface area contributed by atoms with Crippen LogP contribution in [0.3, 0.4) is 0 Å². The summed E-state index contributed by atoms with van der Waals surface area (Å²) in [6, 6.07) is 12.2. The summed E-state index contributed by atoms with van der Waals surface area (Å²) in [6.45, 7) is 3.46. The van der Waals surface area contributed by atoms with E-state index in [4.69, 9.17) is 11.6 Å². The predicted molar refractivity (Wildman–Crippen MR) is 129 cm³/mol. The van der Waals surface area contributed by atoms with E-state index < -0.39 is 6.10 Å². The van der Waals surface area contributed by atoms with Crippen molar-refractivity contribution in [2.24, 2.45) is 0 Å². The second-order valence-corrected chi connectivity index (χ2v) is 8.23. The van der Waals surface area contributed by atoms with E-state index in [1.165, 1.54) is 6.92 Å². The Kier molecular flexibility index (Phi) is 6.85. The van der Waals surface area contributed by atoms with Gasteiger partial charge in [0.2, 0.25) is 5.91 Å². The molecule has 0 aliphatic carbocycles. The van der Waals surface area contributed by atoms with Crippen LogP contribution in [0, 0.1) is 6.92 Å². The van der Waals surface area contributed by atoms with Gasteiger partial charge in [-0.15, -0.1) is 0 Å². The molecule has 3 aromatic heterocycles. The SMILES string of the molecule is CC(=O)Nc1cn2nc(-c3cnc(C)c(C(=O)NCC[C@@H](O)c4ccc(Cl)cc4)c3)ccc2n1. The van der Waals surface area contributed by atoms with Gasteiger partial charge in [0.1, 0.15) is 0 Å². The molecule has 0 radical (unpaired) electrons. The summed E-state index contributed by atoms with van der Waals surface area (Å²) < 4.78 is 1.55. The number of hydrogen-bond acceptors (Lipinski definition) is 6. The molecule has 2 amide bonds. The molecule has 0 fully saturated rings. The number of amides is 2. The predicted octanol–water partition coefficient (Wildman–Crippen LogP) is 3.57. The number of nitrogens with zero attached hydrogens (tertiary/aromatic N) is 4. The molecule has 1 aromatic carbocycles. The van der Waals surface area contributed by atoms with E-state index in [-0.39, 0.29) is 18.4 Å². The zero-order chi connectivity index (χ0) is 24.2. The van der Waals surface area contributed by atoms with Crippen LogP contribution in [0.5, 0.6) is 0 Å². The lowest BCUT2D eigenvalue weighted by atomic mass is 10.1. The lowest BCUT2D eigenvalue weighted by molar-refractivity contribution is -0.114. The zero-order valence-electron chi connectivity index (χ0n) is 18.6. The Balaban J connectivity index is 1.46. The third kappa shape index (κ3) is 5.38. The van der Waals surface area contributed by atoms with Crippen LogP contribution in [0.4, 0.5) is 5.82 Å². The zero-order valence-corrected chi connectivity index (χ0v) is 19.4. The van der Waals surface area contributed by atoms with Crippen molar-refractivity contribution in [2.45, 2.75) is 26.4 Å². The van der Waals surface area contributed by atoms with Crippen LogP contribution in [0.25, 0.3) is 16.9 Å². The molecular formula is C24H23ClN6O3. The van der Waals surface area contributed by atoms with Gasteiger partial charge in [0.15, 0.2) is 11.5 Å². The molecule has 4 rings (SSSR count). The summed E-state index contributed by atoms with van der Waals surface area (Å²) in [7, 11) is 0. The number of benzene rings is 1. The van der Waals surface area contributed by atoms with E-state index in [1.807, 2.05) is 0 Å². The highest BCUT2D eigenvalue weighted by Gasteiger charge is 2.14. The molecule has 34 heavy (non-hydrogen) atoms. The Morgan fingerprint density at radius 2 is 1.94 bits per heavy atom. The van der Waals surface area contributed by atoms with Crippen LogP contribution in [-0.4, -0.2) is 43.0 Å². The third-order valence-corrected chi connectivity index (χ3v) is 5.46. The molecule has 1 atom stereocenters. The summed E-state index contributed by atoms with van der Waals surface area (Å²) >= 11 is 5.88. The van der Waals surface area contributed by atoms with Gasteiger partial charge in [-0.25, -0.2) is 9.50 Å². The summed E-state index contributed by atoms with van der Waals surface area (Å²) in [5.41, 5.74) is 3.57. The van der Waals surface area contributed by atoms with Crippen LogP contribution in [0.15, 0.2) is 54.9 Å². The topological polar surface area (TPSA) is 122 Å². The van der Waals surface area contributed by atoms with Gasteiger partial charge in [-0.05, 0) is 49.2 Å². The maximum atomic E-state index is 12.8. The Morgan fingerprint density at radius 1 is 1.18 bits per heavy atom. The molecule has 0 aliphatic heterocycles. The van der Waals surface area contributed by atoms with E-state index >= 15 is 0 Å². The first-order valence-electron chi connectivity index (χ1n) is 10.6. The minimum atomic E-state index is -0.711. The second kappa shape index (κ2) is 9.98. The van der Waals surface area contributed by atoms with Gasteiger partial charge in [-0.1, -0.05) is 23.7 Å². The Morgan fingerprint density at radius 3 is 2.68 bits per heavy atom. The van der Waals surface area contributed by atoms with Crippen molar-refractivity contribution in [1.29, 1.82) is 0 Å². The van der Waals surface area contributed by atoms with E-state index in [0.717, 1.165) is 5.56 Å². The Bertz CT molecular complexity index is 1350. The van der Waals surface area contributed by atoms with Crippen LogP contribution in [0.1, 0.15) is 41.1 Å². The first-order valence-corrected chi connectivity index (χ1v) is 11.0. The maximum Gasteiger partial charge on any atom is 0.253 e. The van der Waals surface area contributed by atoms with Gasteiger partial charge in [0, 0.05) is 30.3 Å². The van der Waals surface area contributed by atoms with Gasteiger partial charge in [-0.2, -0.15) is 5.10 Å². The third-order valence-electron chi connectivity index (χ3n) is 5.21. The minimum Gasteiger partial charge on any atom is -0.388 e. The number of anilines is 1. The number of aromatic nitrogens is 4. The van der Waals surface area contributed by atoms with Crippen LogP contribution >= 0.6 is 11.6 Å². The van der Waals surface area contributed by atoms with Crippen molar-refractivity contribution in [3.05, 3.63) is 76.7 Å². The summed E-state index contributed by atoms with van der Waals surface area (Å²) in [4.78, 5) is 32.7. The molecule has 3 heterocycles. The standard InChI is InChI=1S/C24H23ClN6O3/c1-14-19(24(34)26-10-9-21(33)16-3-5-18(25)6-4-16)11-17(12-27-14)20-7-8-23-29-22(28-15(2)32)13-31(23)30-20/h3-8,11-13,21,33H,9-10H2,1-2H3,(H,26,34)(H,28,32)/t21-/m1/s1. The number of rotatable bonds is 7. The van der Waals surface area contributed by atoms with E-state index in [0.29, 0.717) is 45.4 Å². The number of fused-ring (bicyclic) bond motifs is 1. The van der Waals surface area contributed by atoms with Crippen molar-refractivity contribution in [3.63, 3.8) is 0 Å². The number of aryl methyl sites for hydroxylation is 1. The molecule has 0 aliphatic rings. The fourth-order valence-electron chi connectivity index (χ4n) is 3.45. The average molecular weight is 479 g/mol. The largest absolute Gasteiger partial charge is 0.388 e. The molecule has 0 spiro atoms. The molecular weight excluding hydrogens is 456 g/mol. The van der Waals surface area contributed by atoms with E-state index in [9.17, 15) is 14.7 Å². The first kappa shape index (κ1) is 23.3. The number of nitrogens with one attached hydrogen (secondary N) is 2. The first-order chi connectivity index (χ1) is 16.3. The van der Waals surface area contributed by atoms with Crippen molar-refractivity contribution in [3.8, 4) is 11.3 Å². The summed E-state index contributed by atoms with van der Waals surface area (Å²) in [6.07, 6.45) is 2.91. The maximum absolute atomic E-state index is 12.8. The van der Waals surface area contributed by atoms with E-state index in [1.54, 1.807) is 66.3 Å². The number of hydrogen-bond donors (Lipinski definition) is 3. The average Bonchev–Trinajstić information content (AvgIpc) is 3.20. The van der Waals surface area contributed by atoms with Gasteiger partial charge < -0.3 is 15.7 Å². The normalized spacial score (nSPS) is 11.9. The number of imidazole rings is 1. The smallest absolute Gasteiger partial charge is 0.253 e. The van der Waals surface area contributed by atoms with Crippen molar-refractivity contribution >= 4 is 34.9 Å². The molecule has 174 valence electrons. The monoisotopic (exact) mass is 478 g/mol. The van der Waals surface area contributed by atoms with Crippen molar-refractivity contribution < 1.29 is 14.7 Å². The fourth-order valence-corrected chi connectivity index (χ4v) is 3.57. The number of halogens is 1. The highest BCUT2D eigenvalue weighted by atomic mass is 35.5.